The van der Waals surface area contributed by atoms with Crippen LogP contribution >= 0.6 is 12.6 Å². The number of carbonyl (C=O) groups is 3. The summed E-state index contributed by atoms with van der Waals surface area (Å²) in [7, 11) is 0. The van der Waals surface area contributed by atoms with Crippen LogP contribution in [0, 0.1) is 0 Å². The average molecular weight is 496 g/mol. The van der Waals surface area contributed by atoms with Crippen LogP contribution in [-0.4, -0.2) is 57.4 Å². The monoisotopic (exact) mass is 495 g/mol. The van der Waals surface area contributed by atoms with E-state index in [1.54, 1.807) is 32.9 Å². The molecule has 3 amide bonds. The van der Waals surface area contributed by atoms with Gasteiger partial charge in [0.1, 0.15) is 23.4 Å². The molecule has 1 aromatic rings. The maximum Gasteiger partial charge on any atom is 0.408 e. The molecule has 0 aliphatic rings. The van der Waals surface area contributed by atoms with E-state index in [-0.39, 0.29) is 17.4 Å². The fraction of sp³-hybridized carbons (Fsp3) is 0.640. The molecule has 1 rings (SSSR count). The number of carbonyl (C=O) groups excluding carboxylic acids is 3. The van der Waals surface area contributed by atoms with E-state index in [1.807, 2.05) is 27.7 Å². The molecule has 0 aliphatic heterocycles. The summed E-state index contributed by atoms with van der Waals surface area (Å²) in [4.78, 5) is 41.0. The molecule has 0 bridgehead atoms. The highest BCUT2D eigenvalue weighted by Gasteiger charge is 2.36. The Morgan fingerprint density at radius 3 is 2.26 bits per heavy atom. The van der Waals surface area contributed by atoms with Gasteiger partial charge in [-0.25, -0.2) is 4.79 Å². The number of benzene rings is 1. The van der Waals surface area contributed by atoms with Crippen LogP contribution in [0.5, 0.6) is 5.75 Å². The lowest BCUT2D eigenvalue weighted by atomic mass is 10.00. The highest BCUT2D eigenvalue weighted by Crippen LogP contribution is 2.27. The highest BCUT2D eigenvalue weighted by atomic mass is 32.1. The maximum atomic E-state index is 13.7. The lowest BCUT2D eigenvalue weighted by Gasteiger charge is -2.36. The number of phenolic OH excluding ortho intramolecular Hbond substituents is 1. The van der Waals surface area contributed by atoms with Crippen molar-refractivity contribution in [1.82, 2.24) is 15.5 Å². The van der Waals surface area contributed by atoms with Gasteiger partial charge in [0, 0.05) is 17.8 Å². The molecule has 3 N–H and O–H groups in total. The SMILES string of the molecule is CCCCCN(C(=O)C(CS)NC(=O)OC(C)(C)C)C(C(=O)NC(C)(C)C)c1cccc(O)c1. The van der Waals surface area contributed by atoms with Crippen molar-refractivity contribution in [3.05, 3.63) is 29.8 Å². The highest BCUT2D eigenvalue weighted by molar-refractivity contribution is 7.80. The second-order valence-electron chi connectivity index (χ2n) is 10.4. The lowest BCUT2D eigenvalue weighted by Crippen LogP contribution is -2.55. The van der Waals surface area contributed by atoms with Crippen LogP contribution in [0.25, 0.3) is 0 Å². The molecule has 1 aromatic carbocycles. The van der Waals surface area contributed by atoms with Crippen LogP contribution in [0.3, 0.4) is 0 Å². The zero-order valence-electron chi connectivity index (χ0n) is 21.5. The minimum atomic E-state index is -1.00. The Labute approximate surface area is 209 Å². The second-order valence-corrected chi connectivity index (χ2v) is 10.7. The Kier molecular flexibility index (Phi) is 11.2. The molecule has 0 spiro atoms. The average Bonchev–Trinajstić information content (AvgIpc) is 2.68. The number of hydrogen-bond acceptors (Lipinski definition) is 6. The summed E-state index contributed by atoms with van der Waals surface area (Å²) in [6, 6.07) is 4.31. The van der Waals surface area contributed by atoms with E-state index >= 15 is 0 Å². The Balaban J connectivity index is 3.40. The van der Waals surface area contributed by atoms with Crippen LogP contribution < -0.4 is 10.6 Å². The smallest absolute Gasteiger partial charge is 0.408 e. The third-order valence-electron chi connectivity index (χ3n) is 4.70. The van der Waals surface area contributed by atoms with Gasteiger partial charge in [-0.05, 0) is 65.7 Å². The van der Waals surface area contributed by atoms with Gasteiger partial charge >= 0.3 is 6.09 Å². The Hall–Kier alpha value is -2.42. The predicted molar refractivity (Wildman–Crippen MR) is 137 cm³/mol. The minimum absolute atomic E-state index is 0.00959. The molecule has 0 aliphatic carbocycles. The largest absolute Gasteiger partial charge is 0.508 e. The molecule has 2 unspecified atom stereocenters. The molecule has 0 fully saturated rings. The van der Waals surface area contributed by atoms with Gasteiger partial charge in [0.05, 0.1) is 0 Å². The Bertz CT molecular complexity index is 833. The Morgan fingerprint density at radius 1 is 1.12 bits per heavy atom. The van der Waals surface area contributed by atoms with Crippen molar-refractivity contribution in [2.75, 3.05) is 12.3 Å². The molecule has 2 atom stereocenters. The van der Waals surface area contributed by atoms with Crippen molar-refractivity contribution in [1.29, 1.82) is 0 Å². The van der Waals surface area contributed by atoms with Crippen LogP contribution in [0.2, 0.25) is 0 Å². The summed E-state index contributed by atoms with van der Waals surface area (Å²) in [6.07, 6.45) is 1.73. The number of unbranched alkanes of at least 4 members (excludes halogenated alkanes) is 2. The summed E-state index contributed by atoms with van der Waals surface area (Å²) >= 11 is 4.28. The van der Waals surface area contributed by atoms with Crippen LogP contribution in [-0.2, 0) is 14.3 Å². The standard InChI is InChI=1S/C25H41N3O5S/c1-8-9-10-14-28(22(31)19(16-34)26-23(32)33-25(5,6)7)20(21(30)27-24(2,3)4)17-12-11-13-18(29)15-17/h11-13,15,19-20,29,34H,8-10,14,16H2,1-7H3,(H,26,32)(H,27,30). The van der Waals surface area contributed by atoms with Crippen molar-refractivity contribution in [3.8, 4) is 5.75 Å². The molecule has 9 heteroatoms. The van der Waals surface area contributed by atoms with E-state index in [2.05, 4.69) is 23.3 Å². The van der Waals surface area contributed by atoms with E-state index in [1.165, 1.54) is 17.0 Å². The first kappa shape index (κ1) is 29.6. The maximum absolute atomic E-state index is 13.7. The number of thiol groups is 1. The van der Waals surface area contributed by atoms with Gasteiger partial charge in [-0.2, -0.15) is 12.6 Å². The number of phenols is 1. The lowest BCUT2D eigenvalue weighted by molar-refractivity contribution is -0.142. The topological polar surface area (TPSA) is 108 Å². The van der Waals surface area contributed by atoms with Gasteiger partial charge in [0.15, 0.2) is 0 Å². The van der Waals surface area contributed by atoms with Crippen molar-refractivity contribution in [2.24, 2.45) is 0 Å². The number of hydrogen-bond donors (Lipinski definition) is 4. The summed E-state index contributed by atoms with van der Waals surface area (Å²) in [5.41, 5.74) is -0.796. The van der Waals surface area contributed by atoms with E-state index in [9.17, 15) is 19.5 Å². The van der Waals surface area contributed by atoms with Gasteiger partial charge in [-0.15, -0.1) is 0 Å². The predicted octanol–water partition coefficient (Wildman–Crippen LogP) is 4.19. The van der Waals surface area contributed by atoms with Gasteiger partial charge in [-0.1, -0.05) is 31.9 Å². The molecule has 0 saturated carbocycles. The van der Waals surface area contributed by atoms with Gasteiger partial charge in [0.25, 0.3) is 0 Å². The van der Waals surface area contributed by atoms with Gasteiger partial charge in [-0.3, -0.25) is 9.59 Å². The second kappa shape index (κ2) is 12.9. The third-order valence-corrected chi connectivity index (χ3v) is 5.07. The first-order valence-electron chi connectivity index (χ1n) is 11.7. The van der Waals surface area contributed by atoms with E-state index in [0.717, 1.165) is 12.8 Å². The normalized spacial score (nSPS) is 13.5. The summed E-state index contributed by atoms with van der Waals surface area (Å²) in [5, 5.41) is 15.6. The third kappa shape index (κ3) is 10.2. The Morgan fingerprint density at radius 2 is 1.76 bits per heavy atom. The fourth-order valence-corrected chi connectivity index (χ4v) is 3.59. The summed E-state index contributed by atoms with van der Waals surface area (Å²) in [5.74, 6) is -0.812. The summed E-state index contributed by atoms with van der Waals surface area (Å²) in [6.45, 7) is 13.1. The van der Waals surface area contributed by atoms with Crippen molar-refractivity contribution in [3.63, 3.8) is 0 Å². The van der Waals surface area contributed by atoms with Crippen molar-refractivity contribution in [2.45, 2.75) is 91.0 Å². The molecular formula is C25H41N3O5S. The minimum Gasteiger partial charge on any atom is -0.508 e. The molecule has 0 heterocycles. The number of alkyl carbamates (subject to hydrolysis) is 1. The zero-order chi connectivity index (χ0) is 26.1. The molecular weight excluding hydrogens is 454 g/mol. The number of nitrogens with one attached hydrogen (secondary N) is 2. The zero-order valence-corrected chi connectivity index (χ0v) is 22.4. The van der Waals surface area contributed by atoms with E-state index in [4.69, 9.17) is 4.74 Å². The number of amides is 3. The van der Waals surface area contributed by atoms with Crippen LogP contribution in [0.4, 0.5) is 4.79 Å². The number of ether oxygens (including phenoxy) is 1. The molecule has 8 nitrogen and oxygen atoms in total. The van der Waals surface area contributed by atoms with E-state index in [0.29, 0.717) is 18.5 Å². The molecule has 34 heavy (non-hydrogen) atoms. The van der Waals surface area contributed by atoms with Gasteiger partial charge < -0.3 is 25.4 Å². The molecule has 192 valence electrons. The fourth-order valence-electron chi connectivity index (χ4n) is 3.34. The quantitative estimate of drug-likeness (QED) is 0.288. The molecule has 0 aromatic heterocycles. The number of rotatable bonds is 10. The van der Waals surface area contributed by atoms with Crippen molar-refractivity contribution >= 4 is 30.5 Å². The van der Waals surface area contributed by atoms with Crippen LogP contribution in [0.15, 0.2) is 24.3 Å². The number of nitrogens with zero attached hydrogens (tertiary/aromatic N) is 1. The molecule has 0 radical (unpaired) electrons. The van der Waals surface area contributed by atoms with E-state index < -0.39 is 35.2 Å². The van der Waals surface area contributed by atoms with Gasteiger partial charge in [0.2, 0.25) is 11.8 Å². The first-order chi connectivity index (χ1) is 15.7. The first-order valence-corrected chi connectivity index (χ1v) is 12.3. The number of aromatic hydroxyl groups is 1. The molecule has 0 saturated heterocycles. The van der Waals surface area contributed by atoms with Crippen LogP contribution in [0.1, 0.15) is 79.3 Å². The van der Waals surface area contributed by atoms with Crippen molar-refractivity contribution < 1.29 is 24.2 Å². The summed E-state index contributed by atoms with van der Waals surface area (Å²) < 4.78 is 5.31.